The van der Waals surface area contributed by atoms with Crippen LogP contribution in [0, 0.1) is 0 Å². The SMILES string of the molecule is COC(C)CCOC(=O)Cc1ccc(S(=O)(=O)C(F)F)cc1. The van der Waals surface area contributed by atoms with E-state index in [1.54, 1.807) is 7.11 Å². The van der Waals surface area contributed by atoms with Crippen molar-refractivity contribution in [1.29, 1.82) is 0 Å². The molecule has 8 heteroatoms. The lowest BCUT2D eigenvalue weighted by Gasteiger charge is -2.10. The zero-order valence-corrected chi connectivity index (χ0v) is 13.1. The number of hydrogen-bond donors (Lipinski definition) is 0. The number of halogens is 2. The van der Waals surface area contributed by atoms with Crippen LogP contribution in [0.2, 0.25) is 0 Å². The molecule has 1 aromatic carbocycles. The summed E-state index contributed by atoms with van der Waals surface area (Å²) < 4.78 is 57.2. The molecule has 0 aliphatic carbocycles. The van der Waals surface area contributed by atoms with Crippen molar-refractivity contribution in [2.24, 2.45) is 0 Å². The van der Waals surface area contributed by atoms with Crippen LogP contribution in [0.5, 0.6) is 0 Å². The molecule has 1 aromatic rings. The van der Waals surface area contributed by atoms with Crippen LogP contribution in [-0.4, -0.2) is 40.0 Å². The third-order valence-electron chi connectivity index (χ3n) is 3.02. The maximum atomic E-state index is 12.4. The molecule has 0 saturated carbocycles. The number of ether oxygens (including phenoxy) is 2. The smallest absolute Gasteiger partial charge is 0.341 e. The molecule has 124 valence electrons. The number of hydrogen-bond acceptors (Lipinski definition) is 5. The van der Waals surface area contributed by atoms with Gasteiger partial charge in [0.2, 0.25) is 9.84 Å². The Kier molecular flexibility index (Phi) is 6.89. The third-order valence-corrected chi connectivity index (χ3v) is 4.42. The van der Waals surface area contributed by atoms with Crippen molar-refractivity contribution in [2.75, 3.05) is 13.7 Å². The second-order valence-electron chi connectivity index (χ2n) is 4.68. The minimum absolute atomic E-state index is 0.0216. The summed E-state index contributed by atoms with van der Waals surface area (Å²) in [6.45, 7) is 2.06. The van der Waals surface area contributed by atoms with E-state index >= 15 is 0 Å². The molecule has 0 amide bonds. The van der Waals surface area contributed by atoms with E-state index in [0.717, 1.165) is 12.1 Å². The van der Waals surface area contributed by atoms with E-state index in [0.29, 0.717) is 12.0 Å². The zero-order valence-electron chi connectivity index (χ0n) is 12.3. The van der Waals surface area contributed by atoms with Crippen LogP contribution >= 0.6 is 0 Å². The summed E-state index contributed by atoms with van der Waals surface area (Å²) in [5.41, 5.74) is 0.484. The Morgan fingerprint density at radius 3 is 2.32 bits per heavy atom. The number of esters is 1. The summed E-state index contributed by atoms with van der Waals surface area (Å²) in [6, 6.07) is 4.73. The van der Waals surface area contributed by atoms with Crippen LogP contribution in [0.1, 0.15) is 18.9 Å². The van der Waals surface area contributed by atoms with Gasteiger partial charge in [-0.05, 0) is 24.6 Å². The number of methoxy groups -OCH3 is 1. The summed E-state index contributed by atoms with van der Waals surface area (Å²) in [5.74, 6) is -3.95. The van der Waals surface area contributed by atoms with Gasteiger partial charge in [0.25, 0.3) is 0 Å². The molecule has 1 unspecified atom stereocenters. The highest BCUT2D eigenvalue weighted by Gasteiger charge is 2.26. The monoisotopic (exact) mass is 336 g/mol. The van der Waals surface area contributed by atoms with Crippen molar-refractivity contribution in [3.8, 4) is 0 Å². The molecule has 0 aromatic heterocycles. The van der Waals surface area contributed by atoms with Gasteiger partial charge in [-0.15, -0.1) is 0 Å². The second-order valence-corrected chi connectivity index (χ2v) is 6.60. The highest BCUT2D eigenvalue weighted by molar-refractivity contribution is 7.91. The van der Waals surface area contributed by atoms with Crippen LogP contribution in [0.3, 0.4) is 0 Å². The van der Waals surface area contributed by atoms with Gasteiger partial charge in [0, 0.05) is 13.5 Å². The summed E-state index contributed by atoms with van der Waals surface area (Å²) >= 11 is 0. The molecule has 0 saturated heterocycles. The van der Waals surface area contributed by atoms with E-state index in [-0.39, 0.29) is 19.1 Å². The van der Waals surface area contributed by atoms with Crippen molar-refractivity contribution in [2.45, 2.75) is 36.5 Å². The van der Waals surface area contributed by atoms with Crippen LogP contribution in [0.4, 0.5) is 8.78 Å². The minimum atomic E-state index is -4.61. The van der Waals surface area contributed by atoms with Crippen molar-refractivity contribution in [1.82, 2.24) is 0 Å². The van der Waals surface area contributed by atoms with Gasteiger partial charge in [-0.3, -0.25) is 4.79 Å². The lowest BCUT2D eigenvalue weighted by atomic mass is 10.1. The molecule has 1 atom stereocenters. The first-order chi connectivity index (χ1) is 10.3. The molecular formula is C14H18F2O5S. The number of carbonyl (C=O) groups is 1. The molecule has 22 heavy (non-hydrogen) atoms. The van der Waals surface area contributed by atoms with Gasteiger partial charge in [0.1, 0.15) is 0 Å². The maximum absolute atomic E-state index is 12.4. The van der Waals surface area contributed by atoms with E-state index in [9.17, 15) is 22.0 Å². The average molecular weight is 336 g/mol. The van der Waals surface area contributed by atoms with Crippen LogP contribution < -0.4 is 0 Å². The fraction of sp³-hybridized carbons (Fsp3) is 0.500. The summed E-state index contributed by atoms with van der Waals surface area (Å²) in [4.78, 5) is 11.1. The molecule has 0 fully saturated rings. The minimum Gasteiger partial charge on any atom is -0.465 e. The molecule has 0 aliphatic rings. The molecule has 0 bridgehead atoms. The fourth-order valence-electron chi connectivity index (χ4n) is 1.57. The van der Waals surface area contributed by atoms with Gasteiger partial charge >= 0.3 is 11.7 Å². The van der Waals surface area contributed by atoms with Crippen molar-refractivity contribution < 1.29 is 31.5 Å². The van der Waals surface area contributed by atoms with Gasteiger partial charge < -0.3 is 9.47 Å². The largest absolute Gasteiger partial charge is 0.465 e. The predicted molar refractivity (Wildman–Crippen MR) is 75.4 cm³/mol. The first-order valence-electron chi connectivity index (χ1n) is 6.56. The van der Waals surface area contributed by atoms with E-state index in [2.05, 4.69) is 0 Å². The van der Waals surface area contributed by atoms with E-state index in [1.807, 2.05) is 6.92 Å². The van der Waals surface area contributed by atoms with Crippen LogP contribution in [0.15, 0.2) is 29.2 Å². The van der Waals surface area contributed by atoms with Crippen LogP contribution in [0.25, 0.3) is 0 Å². The molecule has 5 nitrogen and oxygen atoms in total. The molecule has 0 aliphatic heterocycles. The van der Waals surface area contributed by atoms with E-state index < -0.39 is 26.5 Å². The first-order valence-corrected chi connectivity index (χ1v) is 8.11. The van der Waals surface area contributed by atoms with Gasteiger partial charge in [0.05, 0.1) is 24.0 Å². The van der Waals surface area contributed by atoms with Crippen molar-refractivity contribution in [3.63, 3.8) is 0 Å². The predicted octanol–water partition coefficient (Wildman–Crippen LogP) is 2.19. The zero-order chi connectivity index (χ0) is 16.8. The van der Waals surface area contributed by atoms with Gasteiger partial charge in [-0.1, -0.05) is 12.1 Å². The van der Waals surface area contributed by atoms with E-state index in [4.69, 9.17) is 9.47 Å². The highest BCUT2D eigenvalue weighted by Crippen LogP contribution is 2.18. The Bertz CT molecular complexity index is 584. The standard InChI is InChI=1S/C14H18F2O5S/c1-10(20-2)7-8-21-13(17)9-11-3-5-12(6-4-11)22(18,19)14(15)16/h3-6,10,14H,7-9H2,1-2H3. The molecule has 0 heterocycles. The summed E-state index contributed by atoms with van der Waals surface area (Å²) in [7, 11) is -3.06. The van der Waals surface area contributed by atoms with Gasteiger partial charge in [-0.2, -0.15) is 8.78 Å². The quantitative estimate of drug-likeness (QED) is 0.681. The molecule has 0 N–H and O–H groups in total. The number of alkyl halides is 2. The van der Waals surface area contributed by atoms with E-state index in [1.165, 1.54) is 12.1 Å². The van der Waals surface area contributed by atoms with Gasteiger partial charge in [0.15, 0.2) is 0 Å². The van der Waals surface area contributed by atoms with Crippen LogP contribution in [-0.2, 0) is 30.5 Å². The lowest BCUT2D eigenvalue weighted by molar-refractivity contribution is -0.143. The summed E-state index contributed by atoms with van der Waals surface area (Å²) in [6.07, 6.45) is 0.483. The summed E-state index contributed by atoms with van der Waals surface area (Å²) in [5, 5.41) is 0. The Morgan fingerprint density at radius 2 is 1.82 bits per heavy atom. The first kappa shape index (κ1) is 18.5. The number of rotatable bonds is 8. The number of benzene rings is 1. The lowest BCUT2D eigenvalue weighted by Crippen LogP contribution is -2.14. The molecule has 0 spiro atoms. The highest BCUT2D eigenvalue weighted by atomic mass is 32.2. The third kappa shape index (κ3) is 5.34. The Balaban J connectivity index is 2.56. The molecular weight excluding hydrogens is 318 g/mol. The number of carbonyl (C=O) groups excluding carboxylic acids is 1. The Hall–Kier alpha value is -1.54. The van der Waals surface area contributed by atoms with Crippen molar-refractivity contribution >= 4 is 15.8 Å². The Labute approximate surface area is 128 Å². The maximum Gasteiger partial charge on any atom is 0.341 e. The molecule has 0 radical (unpaired) electrons. The topological polar surface area (TPSA) is 69.7 Å². The molecule has 1 rings (SSSR count). The second kappa shape index (κ2) is 8.19. The number of sulfone groups is 1. The average Bonchev–Trinajstić information content (AvgIpc) is 2.47. The fourth-order valence-corrected chi connectivity index (χ4v) is 2.30. The van der Waals surface area contributed by atoms with Crippen molar-refractivity contribution in [3.05, 3.63) is 29.8 Å². The normalized spacial score (nSPS) is 13.1. The van der Waals surface area contributed by atoms with Gasteiger partial charge in [-0.25, -0.2) is 8.42 Å². The Morgan fingerprint density at radius 1 is 1.23 bits per heavy atom.